The molecule has 3 N–H and O–H groups in total. The van der Waals surface area contributed by atoms with E-state index < -0.39 is 17.7 Å². The maximum Gasteiger partial charge on any atom is 0.490 e. The topological polar surface area (TPSA) is 87.7 Å². The Balaban J connectivity index is 0.000000199. The van der Waals surface area contributed by atoms with Crippen molar-refractivity contribution < 1.29 is 32.6 Å². The number of ether oxygens (including phenoxy) is 1. The van der Waals surface area contributed by atoms with Crippen LogP contribution in [0.2, 0.25) is 0 Å². The van der Waals surface area contributed by atoms with Gasteiger partial charge in [-0.25, -0.2) is 9.59 Å². The van der Waals surface area contributed by atoms with Crippen LogP contribution in [0.15, 0.2) is 24.3 Å². The summed E-state index contributed by atoms with van der Waals surface area (Å²) >= 11 is 0. The van der Waals surface area contributed by atoms with Gasteiger partial charge >= 0.3 is 18.2 Å². The van der Waals surface area contributed by atoms with Gasteiger partial charge in [0.25, 0.3) is 0 Å². The molecule has 9 heteroatoms. The third kappa shape index (κ3) is 3.07. The van der Waals surface area contributed by atoms with Crippen LogP contribution < -0.4 is 10.6 Å². The van der Waals surface area contributed by atoms with Crippen molar-refractivity contribution in [1.29, 1.82) is 0 Å². The highest BCUT2D eigenvalue weighted by atomic mass is 19.4. The first-order valence-corrected chi connectivity index (χ1v) is 5.85. The highest BCUT2D eigenvalue weighted by Gasteiger charge is 2.46. The number of hydrogen-bond donors (Lipinski definition) is 3. The van der Waals surface area contributed by atoms with Crippen molar-refractivity contribution in [2.45, 2.75) is 11.8 Å². The molecule has 0 saturated carbocycles. The maximum absolute atomic E-state index is 11.3. The van der Waals surface area contributed by atoms with E-state index >= 15 is 0 Å². The minimum atomic E-state index is -5.08. The van der Waals surface area contributed by atoms with E-state index in [0.717, 1.165) is 11.3 Å². The van der Waals surface area contributed by atoms with Crippen molar-refractivity contribution >= 4 is 17.7 Å². The lowest BCUT2D eigenvalue weighted by molar-refractivity contribution is -0.192. The fourth-order valence-corrected chi connectivity index (χ4v) is 1.97. The molecule has 114 valence electrons. The molecule has 0 aromatic heterocycles. The monoisotopic (exact) mass is 304 g/mol. The van der Waals surface area contributed by atoms with Crippen molar-refractivity contribution in [3.05, 3.63) is 29.8 Å². The fourth-order valence-electron chi connectivity index (χ4n) is 1.97. The predicted molar refractivity (Wildman–Crippen MR) is 64.8 cm³/mol. The number of carbonyl (C=O) groups is 2. The third-order valence-electron chi connectivity index (χ3n) is 3.01. The van der Waals surface area contributed by atoms with Crippen LogP contribution >= 0.6 is 0 Å². The quantitative estimate of drug-likeness (QED) is 0.679. The van der Waals surface area contributed by atoms with Crippen LogP contribution in [0.3, 0.4) is 0 Å². The highest BCUT2D eigenvalue weighted by molar-refractivity contribution is 5.89. The second-order valence-corrected chi connectivity index (χ2v) is 4.46. The van der Waals surface area contributed by atoms with Gasteiger partial charge in [0, 0.05) is 18.7 Å². The molecule has 0 unspecified atom stereocenters. The summed E-state index contributed by atoms with van der Waals surface area (Å²) in [6.07, 6.45) is -5.44. The Bertz CT molecular complexity index is 570. The summed E-state index contributed by atoms with van der Waals surface area (Å²) in [5.74, 6) is -2.76. The van der Waals surface area contributed by atoms with Gasteiger partial charge in [-0.05, 0) is 6.07 Å². The summed E-state index contributed by atoms with van der Waals surface area (Å²) in [4.78, 5) is 20.2. The number of halogens is 3. The van der Waals surface area contributed by atoms with Crippen LogP contribution in [0.25, 0.3) is 0 Å². The van der Waals surface area contributed by atoms with Crippen LogP contribution in [0.4, 0.5) is 23.7 Å². The minimum absolute atomic E-state index is 0.356. The number of benzene rings is 1. The van der Waals surface area contributed by atoms with Gasteiger partial charge in [-0.1, -0.05) is 18.2 Å². The number of carbonyl (C=O) groups excluding carboxylic acids is 1. The third-order valence-corrected chi connectivity index (χ3v) is 3.01. The lowest BCUT2D eigenvalue weighted by atomic mass is 9.86. The maximum atomic E-state index is 11.3. The van der Waals surface area contributed by atoms with Crippen molar-refractivity contribution in [2.24, 2.45) is 0 Å². The molecule has 2 aliphatic rings. The molecule has 0 atom stereocenters. The van der Waals surface area contributed by atoms with E-state index in [2.05, 4.69) is 10.6 Å². The Morgan fingerprint density at radius 3 is 2.33 bits per heavy atom. The van der Waals surface area contributed by atoms with E-state index in [9.17, 15) is 18.0 Å². The molecule has 1 aromatic rings. The Labute approximate surface area is 116 Å². The standard InChI is InChI=1S/C10H10N2O2.C2HF3O2/c13-9-12-8-4-2-1-3-7(8)10(14-9)5-11-6-10;3-2(4,5)1(6)7/h1-4,11H,5-6H2,(H,12,13);(H,6,7). The van der Waals surface area contributed by atoms with Gasteiger partial charge in [-0.15, -0.1) is 0 Å². The average molecular weight is 304 g/mol. The average Bonchev–Trinajstić information content (AvgIpc) is 2.35. The van der Waals surface area contributed by atoms with Crippen molar-refractivity contribution in [3.8, 4) is 0 Å². The lowest BCUT2D eigenvalue weighted by Gasteiger charge is -2.45. The summed E-state index contributed by atoms with van der Waals surface area (Å²) in [5.41, 5.74) is 1.52. The molecular formula is C12H11F3N2O4. The summed E-state index contributed by atoms with van der Waals surface area (Å²) in [6.45, 7) is 1.41. The molecule has 1 spiro atoms. The highest BCUT2D eigenvalue weighted by Crippen LogP contribution is 2.38. The fraction of sp³-hybridized carbons (Fsp3) is 0.333. The van der Waals surface area contributed by atoms with Gasteiger partial charge in [-0.3, -0.25) is 5.32 Å². The van der Waals surface area contributed by atoms with Crippen LogP contribution in [-0.2, 0) is 15.1 Å². The van der Waals surface area contributed by atoms with Crippen LogP contribution in [0.5, 0.6) is 0 Å². The summed E-state index contributed by atoms with van der Waals surface area (Å²) < 4.78 is 37.1. The van der Waals surface area contributed by atoms with E-state index in [1.807, 2.05) is 24.3 Å². The summed E-state index contributed by atoms with van der Waals surface area (Å²) in [5, 5.41) is 12.9. The molecule has 0 bridgehead atoms. The van der Waals surface area contributed by atoms with E-state index in [1.54, 1.807) is 0 Å². The normalized spacial score (nSPS) is 18.3. The summed E-state index contributed by atoms with van der Waals surface area (Å²) in [6, 6.07) is 7.76. The van der Waals surface area contributed by atoms with Gasteiger partial charge in [0.2, 0.25) is 0 Å². The Morgan fingerprint density at radius 1 is 1.29 bits per heavy atom. The molecule has 1 fully saturated rings. The lowest BCUT2D eigenvalue weighted by Crippen LogP contribution is -2.61. The first kappa shape index (κ1) is 15.1. The molecule has 0 aliphatic carbocycles. The largest absolute Gasteiger partial charge is 0.490 e. The Hall–Kier alpha value is -2.29. The molecule has 1 saturated heterocycles. The molecular weight excluding hydrogens is 293 g/mol. The van der Waals surface area contributed by atoms with E-state index in [0.29, 0.717) is 13.1 Å². The number of amides is 1. The zero-order valence-electron chi connectivity index (χ0n) is 10.5. The van der Waals surface area contributed by atoms with E-state index in [-0.39, 0.29) is 6.09 Å². The molecule has 21 heavy (non-hydrogen) atoms. The van der Waals surface area contributed by atoms with Crippen molar-refractivity contribution in [2.75, 3.05) is 18.4 Å². The SMILES string of the molecule is O=C(O)C(F)(F)F.O=C1Nc2ccccc2C2(CNC2)O1. The Kier molecular flexibility index (Phi) is 3.77. The second-order valence-electron chi connectivity index (χ2n) is 4.46. The van der Waals surface area contributed by atoms with Gasteiger partial charge in [0.1, 0.15) is 0 Å². The molecule has 2 aliphatic heterocycles. The number of aliphatic carboxylic acids is 1. The predicted octanol–water partition coefficient (Wildman–Crippen LogP) is 1.68. The van der Waals surface area contributed by atoms with Gasteiger partial charge in [-0.2, -0.15) is 13.2 Å². The number of anilines is 1. The molecule has 1 aromatic carbocycles. The Morgan fingerprint density at radius 2 is 1.86 bits per heavy atom. The number of para-hydroxylation sites is 1. The smallest absolute Gasteiger partial charge is 0.475 e. The number of carboxylic acid groups (broad SMARTS) is 1. The van der Waals surface area contributed by atoms with Crippen LogP contribution in [0, 0.1) is 0 Å². The molecule has 2 heterocycles. The van der Waals surface area contributed by atoms with Gasteiger partial charge in [0.05, 0.1) is 5.69 Å². The van der Waals surface area contributed by atoms with E-state index in [1.165, 1.54) is 0 Å². The van der Waals surface area contributed by atoms with Crippen LogP contribution in [0.1, 0.15) is 5.56 Å². The van der Waals surface area contributed by atoms with Crippen molar-refractivity contribution in [1.82, 2.24) is 5.32 Å². The van der Waals surface area contributed by atoms with Gasteiger partial charge < -0.3 is 15.2 Å². The first-order valence-electron chi connectivity index (χ1n) is 5.85. The van der Waals surface area contributed by atoms with Crippen molar-refractivity contribution in [3.63, 3.8) is 0 Å². The van der Waals surface area contributed by atoms with Gasteiger partial charge in [0.15, 0.2) is 5.60 Å². The number of rotatable bonds is 0. The first-order chi connectivity index (χ1) is 9.74. The molecule has 3 rings (SSSR count). The zero-order chi connectivity index (χ0) is 15.7. The van der Waals surface area contributed by atoms with E-state index in [4.69, 9.17) is 14.6 Å². The number of fused-ring (bicyclic) bond motifs is 2. The number of nitrogens with one attached hydrogen (secondary N) is 2. The number of carboxylic acids is 1. The van der Waals surface area contributed by atoms with Crippen LogP contribution in [-0.4, -0.2) is 36.4 Å². The number of alkyl halides is 3. The number of hydrogen-bond acceptors (Lipinski definition) is 4. The molecule has 6 nitrogen and oxygen atoms in total. The second kappa shape index (κ2) is 5.24. The summed E-state index contributed by atoms with van der Waals surface area (Å²) in [7, 11) is 0. The molecule has 1 amide bonds. The molecule has 0 radical (unpaired) electrons. The minimum Gasteiger partial charge on any atom is -0.475 e. The zero-order valence-corrected chi connectivity index (χ0v) is 10.5.